The average Bonchev–Trinajstić information content (AvgIpc) is 2.07. The van der Waals surface area contributed by atoms with Crippen molar-refractivity contribution in [2.75, 3.05) is 0 Å². The van der Waals surface area contributed by atoms with Gasteiger partial charge < -0.3 is 0 Å². The van der Waals surface area contributed by atoms with Crippen LogP contribution in [0.25, 0.3) is 0 Å². The molecule has 0 amide bonds. The molecule has 5 heteroatoms. The number of nitrogens with zero attached hydrogens (tertiary/aromatic N) is 1. The van der Waals surface area contributed by atoms with Crippen molar-refractivity contribution in [2.45, 2.75) is 33.7 Å². The highest BCUT2D eigenvalue weighted by molar-refractivity contribution is 14.1. The minimum absolute atomic E-state index is 0.182. The highest BCUT2D eigenvalue weighted by atomic mass is 127. The van der Waals surface area contributed by atoms with Gasteiger partial charge >= 0.3 is 5.69 Å². The average molecular weight is 322 g/mol. The Morgan fingerprint density at radius 1 is 1.40 bits per heavy atom. The van der Waals surface area contributed by atoms with E-state index in [-0.39, 0.29) is 16.7 Å². The Hall–Kier alpha value is -0.590. The molecule has 0 unspecified atom stereocenters. The molecular weight excluding hydrogens is 307 g/mol. The molecule has 4 nitrogen and oxygen atoms in total. The van der Waals surface area contributed by atoms with Gasteiger partial charge in [-0.25, -0.2) is 4.79 Å². The maximum atomic E-state index is 11.4. The first-order valence-corrected chi connectivity index (χ1v) is 5.87. The van der Waals surface area contributed by atoms with Crippen molar-refractivity contribution in [2.24, 2.45) is 5.41 Å². The molecule has 0 saturated heterocycles. The Morgan fingerprint density at radius 2 is 2.00 bits per heavy atom. The summed E-state index contributed by atoms with van der Waals surface area (Å²) in [6.45, 7) is 6.99. The summed E-state index contributed by atoms with van der Waals surface area (Å²) >= 11 is 1.92. The molecule has 0 radical (unpaired) electrons. The van der Waals surface area contributed by atoms with Gasteiger partial charge in [-0.15, -0.1) is 0 Å². The molecule has 0 fully saturated rings. The molecule has 0 spiro atoms. The second kappa shape index (κ2) is 4.51. The minimum atomic E-state index is -0.329. The molecule has 1 N–H and O–H groups in total. The van der Waals surface area contributed by atoms with Crippen LogP contribution in [-0.4, -0.2) is 9.55 Å². The summed E-state index contributed by atoms with van der Waals surface area (Å²) in [5.74, 6) is 0. The van der Waals surface area contributed by atoms with E-state index in [2.05, 4.69) is 25.8 Å². The first-order valence-electron chi connectivity index (χ1n) is 4.79. The third-order valence-corrected chi connectivity index (χ3v) is 2.84. The van der Waals surface area contributed by atoms with Crippen LogP contribution in [0.15, 0.2) is 15.8 Å². The summed E-state index contributed by atoms with van der Waals surface area (Å²) in [7, 11) is 0. The highest BCUT2D eigenvalue weighted by Gasteiger charge is 2.11. The van der Waals surface area contributed by atoms with E-state index in [1.165, 1.54) is 0 Å². The van der Waals surface area contributed by atoms with Crippen molar-refractivity contribution in [1.29, 1.82) is 0 Å². The predicted molar refractivity (Wildman–Crippen MR) is 68.1 cm³/mol. The largest absolute Gasteiger partial charge is 0.328 e. The van der Waals surface area contributed by atoms with E-state index >= 15 is 0 Å². The first kappa shape index (κ1) is 12.5. The van der Waals surface area contributed by atoms with Crippen LogP contribution < -0.4 is 11.2 Å². The quantitative estimate of drug-likeness (QED) is 0.841. The monoisotopic (exact) mass is 322 g/mol. The normalized spacial score (nSPS) is 11.7. The number of rotatable bonds is 2. The van der Waals surface area contributed by atoms with Crippen LogP contribution in [0.4, 0.5) is 0 Å². The van der Waals surface area contributed by atoms with E-state index in [1.807, 2.05) is 22.6 Å². The molecule has 0 saturated carbocycles. The van der Waals surface area contributed by atoms with Crippen LogP contribution in [0.2, 0.25) is 0 Å². The smallest absolute Gasteiger partial charge is 0.300 e. The van der Waals surface area contributed by atoms with Gasteiger partial charge in [-0.2, -0.15) is 0 Å². The van der Waals surface area contributed by atoms with Crippen LogP contribution >= 0.6 is 22.6 Å². The van der Waals surface area contributed by atoms with Gasteiger partial charge in [-0.1, -0.05) is 20.8 Å². The van der Waals surface area contributed by atoms with Gasteiger partial charge in [0.05, 0.1) is 3.57 Å². The maximum Gasteiger partial charge on any atom is 0.328 e. The third-order valence-electron chi connectivity index (χ3n) is 2.07. The molecule has 1 aromatic rings. The van der Waals surface area contributed by atoms with E-state index in [0.717, 1.165) is 6.42 Å². The van der Waals surface area contributed by atoms with E-state index in [0.29, 0.717) is 10.1 Å². The summed E-state index contributed by atoms with van der Waals surface area (Å²) in [4.78, 5) is 24.8. The summed E-state index contributed by atoms with van der Waals surface area (Å²) < 4.78 is 2.09. The summed E-state index contributed by atoms with van der Waals surface area (Å²) in [6, 6.07) is 0. The maximum absolute atomic E-state index is 11.4. The Labute approximate surface area is 102 Å². The Bertz CT molecular complexity index is 454. The van der Waals surface area contributed by atoms with Crippen LogP contribution in [0, 0.1) is 8.99 Å². The topological polar surface area (TPSA) is 54.9 Å². The van der Waals surface area contributed by atoms with Crippen LogP contribution in [0.5, 0.6) is 0 Å². The molecule has 0 aromatic carbocycles. The number of H-pyrrole nitrogens is 1. The molecule has 15 heavy (non-hydrogen) atoms. The number of aryl methyl sites for hydroxylation is 1. The SMILES string of the molecule is CC(C)(C)CCn1cc(I)c(=O)[nH]c1=O. The van der Waals surface area contributed by atoms with E-state index in [1.54, 1.807) is 10.8 Å². The molecule has 1 heterocycles. The van der Waals surface area contributed by atoms with Gasteiger partial charge in [0, 0.05) is 12.7 Å². The molecule has 0 aliphatic heterocycles. The molecular formula is C10H15IN2O2. The molecule has 84 valence electrons. The summed E-state index contributed by atoms with van der Waals surface area (Å²) in [5.41, 5.74) is -0.460. The standard InChI is InChI=1S/C10H15IN2O2/c1-10(2,3)4-5-13-6-7(11)8(14)12-9(13)15/h6H,4-5H2,1-3H3,(H,12,14,15). The van der Waals surface area contributed by atoms with Gasteiger partial charge in [0.15, 0.2) is 0 Å². The first-order chi connectivity index (χ1) is 6.79. The van der Waals surface area contributed by atoms with Crippen LogP contribution in [0.3, 0.4) is 0 Å². The zero-order valence-electron chi connectivity index (χ0n) is 9.13. The van der Waals surface area contributed by atoms with Crippen molar-refractivity contribution in [3.63, 3.8) is 0 Å². The third kappa shape index (κ3) is 3.81. The molecule has 0 aliphatic carbocycles. The Balaban J connectivity index is 2.92. The minimum Gasteiger partial charge on any atom is -0.300 e. The molecule has 1 rings (SSSR count). The number of nitrogens with one attached hydrogen (secondary N) is 1. The van der Waals surface area contributed by atoms with E-state index in [4.69, 9.17) is 0 Å². The lowest BCUT2D eigenvalue weighted by Gasteiger charge is -2.18. The molecule has 0 aliphatic rings. The summed E-state index contributed by atoms with van der Waals surface area (Å²) in [5, 5.41) is 0. The number of hydrogen-bond acceptors (Lipinski definition) is 2. The van der Waals surface area contributed by atoms with Crippen molar-refractivity contribution in [3.8, 4) is 0 Å². The zero-order valence-corrected chi connectivity index (χ0v) is 11.3. The lowest BCUT2D eigenvalue weighted by molar-refractivity contribution is 0.346. The molecule has 0 atom stereocenters. The van der Waals surface area contributed by atoms with Gasteiger partial charge in [-0.3, -0.25) is 14.3 Å². The lowest BCUT2D eigenvalue weighted by atomic mass is 9.92. The van der Waals surface area contributed by atoms with Crippen molar-refractivity contribution < 1.29 is 0 Å². The Kier molecular flexibility index (Phi) is 3.75. The highest BCUT2D eigenvalue weighted by Crippen LogP contribution is 2.18. The zero-order chi connectivity index (χ0) is 11.6. The van der Waals surface area contributed by atoms with E-state index in [9.17, 15) is 9.59 Å². The van der Waals surface area contributed by atoms with Crippen molar-refractivity contribution >= 4 is 22.6 Å². The molecule has 1 aromatic heterocycles. The lowest BCUT2D eigenvalue weighted by Crippen LogP contribution is -2.31. The summed E-state index contributed by atoms with van der Waals surface area (Å²) in [6.07, 6.45) is 2.50. The molecule has 0 bridgehead atoms. The Morgan fingerprint density at radius 3 is 2.53 bits per heavy atom. The predicted octanol–water partition coefficient (Wildman–Crippen LogP) is 1.58. The van der Waals surface area contributed by atoms with Gasteiger partial charge in [0.1, 0.15) is 0 Å². The van der Waals surface area contributed by atoms with Crippen molar-refractivity contribution in [3.05, 3.63) is 30.6 Å². The van der Waals surface area contributed by atoms with Gasteiger partial charge in [-0.05, 0) is 34.4 Å². The van der Waals surface area contributed by atoms with Crippen molar-refractivity contribution in [1.82, 2.24) is 9.55 Å². The van der Waals surface area contributed by atoms with Crippen LogP contribution in [-0.2, 0) is 6.54 Å². The number of halogens is 1. The fourth-order valence-corrected chi connectivity index (χ4v) is 1.58. The van der Waals surface area contributed by atoms with E-state index < -0.39 is 0 Å². The van der Waals surface area contributed by atoms with Crippen LogP contribution in [0.1, 0.15) is 27.2 Å². The van der Waals surface area contributed by atoms with Gasteiger partial charge in [0.2, 0.25) is 0 Å². The second-order valence-electron chi connectivity index (χ2n) is 4.74. The number of aromatic amines is 1. The van der Waals surface area contributed by atoms with Gasteiger partial charge in [0.25, 0.3) is 5.56 Å². The second-order valence-corrected chi connectivity index (χ2v) is 5.90. The number of aromatic nitrogens is 2. The fraction of sp³-hybridized carbons (Fsp3) is 0.600. The number of hydrogen-bond donors (Lipinski definition) is 1. The fourth-order valence-electron chi connectivity index (χ4n) is 1.10.